The molecular formula is C67H112O12. The van der Waals surface area contributed by atoms with Crippen molar-refractivity contribution >= 4 is 23.9 Å². The van der Waals surface area contributed by atoms with E-state index in [1.165, 1.54) is 109 Å². The van der Waals surface area contributed by atoms with Gasteiger partial charge in [-0.3, -0.25) is 14.4 Å². The summed E-state index contributed by atoms with van der Waals surface area (Å²) in [4.78, 5) is 51.2. The molecule has 1 rings (SSSR count). The average molecular weight is 1110 g/mol. The van der Waals surface area contributed by atoms with Gasteiger partial charge in [0.15, 0.2) is 24.6 Å². The fraction of sp³-hybridized carbons (Fsp3) is 0.731. The standard InChI is InChI=1S/C67H112O12/c1-4-7-10-13-16-19-22-25-27-29-30-32-33-36-38-41-44-47-50-53-59(68)75-56-58(77-60(69)54-51-48-45-42-40-37-34-31-28-26-23-20-17-14-11-8-5-2)57-76-67-65(63(72)62(71)64(79-67)66(73)74)78-61(70)55-52-49-46-43-39-35-24-21-18-15-12-9-6-3/h8,11,17,20-21,24-28,34,37,42,45,58,62-65,67,71-72H,4-7,9-10,12-16,18-19,22-23,29-33,35-36,38-41,43-44,46-57H2,1-3H3,(H,73,74)/b11-8-,20-17-,24-21-,27-25-,28-26-,37-34-,45-42-. The summed E-state index contributed by atoms with van der Waals surface area (Å²) in [6.07, 6.45) is 58.4. The van der Waals surface area contributed by atoms with Crippen molar-refractivity contribution in [2.24, 2.45) is 0 Å². The number of carboxylic acids is 1. The molecule has 1 fully saturated rings. The van der Waals surface area contributed by atoms with E-state index in [0.717, 1.165) is 89.9 Å². The molecule has 79 heavy (non-hydrogen) atoms. The van der Waals surface area contributed by atoms with Gasteiger partial charge in [0.25, 0.3) is 0 Å². The first-order valence-corrected chi connectivity index (χ1v) is 31.6. The summed E-state index contributed by atoms with van der Waals surface area (Å²) < 4.78 is 28.4. The van der Waals surface area contributed by atoms with Gasteiger partial charge in [0.1, 0.15) is 18.8 Å². The minimum atomic E-state index is -1.92. The Hall–Kier alpha value is -4.10. The molecule has 452 valence electrons. The zero-order valence-electron chi connectivity index (χ0n) is 49.8. The maximum atomic E-state index is 13.2. The molecule has 0 saturated carbocycles. The van der Waals surface area contributed by atoms with Gasteiger partial charge in [-0.1, -0.05) is 221 Å². The third kappa shape index (κ3) is 44.3. The lowest BCUT2D eigenvalue weighted by Crippen LogP contribution is -2.61. The highest BCUT2D eigenvalue weighted by Gasteiger charge is 2.50. The van der Waals surface area contributed by atoms with Crippen molar-refractivity contribution < 1.29 is 58.2 Å². The summed E-state index contributed by atoms with van der Waals surface area (Å²) in [5, 5.41) is 31.5. The second-order valence-corrected chi connectivity index (χ2v) is 21.3. The number of hydrogen-bond donors (Lipinski definition) is 3. The number of carbonyl (C=O) groups excluding carboxylic acids is 3. The van der Waals surface area contributed by atoms with Gasteiger partial charge in [0.05, 0.1) is 6.61 Å². The zero-order valence-corrected chi connectivity index (χ0v) is 49.8. The molecule has 0 radical (unpaired) electrons. The maximum absolute atomic E-state index is 13.2. The molecule has 12 nitrogen and oxygen atoms in total. The number of carbonyl (C=O) groups is 4. The fourth-order valence-corrected chi connectivity index (χ4v) is 9.10. The first-order chi connectivity index (χ1) is 38.6. The third-order valence-electron chi connectivity index (χ3n) is 13.9. The number of allylic oxidation sites excluding steroid dienone is 14. The summed E-state index contributed by atoms with van der Waals surface area (Å²) in [5.41, 5.74) is 0. The average Bonchev–Trinajstić information content (AvgIpc) is 3.46. The summed E-state index contributed by atoms with van der Waals surface area (Å²) in [6, 6.07) is 0. The number of esters is 3. The number of aliphatic hydroxyl groups excluding tert-OH is 2. The molecule has 1 aliphatic rings. The smallest absolute Gasteiger partial charge is 0.335 e. The highest BCUT2D eigenvalue weighted by atomic mass is 16.7. The van der Waals surface area contributed by atoms with Gasteiger partial charge in [-0.25, -0.2) is 4.79 Å². The number of rotatable bonds is 53. The molecule has 0 amide bonds. The number of hydrogen-bond acceptors (Lipinski definition) is 11. The first-order valence-electron chi connectivity index (χ1n) is 31.6. The lowest BCUT2D eigenvalue weighted by molar-refractivity contribution is -0.301. The summed E-state index contributed by atoms with van der Waals surface area (Å²) in [5.74, 6) is -3.21. The van der Waals surface area contributed by atoms with Crippen LogP contribution in [-0.4, -0.2) is 89.2 Å². The number of carboxylic acid groups (broad SMARTS) is 1. The van der Waals surface area contributed by atoms with E-state index in [-0.39, 0.29) is 25.9 Å². The molecule has 3 N–H and O–H groups in total. The Balaban J connectivity index is 2.70. The van der Waals surface area contributed by atoms with Gasteiger partial charge in [-0.2, -0.15) is 0 Å². The minimum Gasteiger partial charge on any atom is -0.479 e. The van der Waals surface area contributed by atoms with Crippen molar-refractivity contribution in [2.45, 2.75) is 302 Å². The molecule has 1 saturated heterocycles. The van der Waals surface area contributed by atoms with Crippen LogP contribution in [0.3, 0.4) is 0 Å². The SMILES string of the molecule is CC/C=C\C/C=C\C/C=C\C/C=C\C/C=C\CCCC(=O)OC(COC(=O)CCCCCCCCCCC/C=C\CCCCCCCC)COC1OC(C(=O)O)C(O)C(O)C1OC(=O)CCCCCCC/C=C\CCCCCC. The van der Waals surface area contributed by atoms with Crippen molar-refractivity contribution in [3.05, 3.63) is 85.1 Å². The highest BCUT2D eigenvalue weighted by molar-refractivity contribution is 5.74. The van der Waals surface area contributed by atoms with E-state index >= 15 is 0 Å². The van der Waals surface area contributed by atoms with E-state index in [4.69, 9.17) is 23.7 Å². The van der Waals surface area contributed by atoms with E-state index in [2.05, 4.69) is 93.7 Å². The summed E-state index contributed by atoms with van der Waals surface area (Å²) in [7, 11) is 0. The predicted octanol–water partition coefficient (Wildman–Crippen LogP) is 16.7. The predicted molar refractivity (Wildman–Crippen MR) is 321 cm³/mol. The Bertz CT molecular complexity index is 1700. The van der Waals surface area contributed by atoms with Gasteiger partial charge in [0.2, 0.25) is 0 Å². The van der Waals surface area contributed by atoms with Gasteiger partial charge in [0, 0.05) is 19.3 Å². The molecule has 1 aliphatic heterocycles. The van der Waals surface area contributed by atoms with Gasteiger partial charge < -0.3 is 39.0 Å². The van der Waals surface area contributed by atoms with Crippen molar-refractivity contribution in [3.8, 4) is 0 Å². The fourth-order valence-electron chi connectivity index (χ4n) is 9.10. The lowest BCUT2D eigenvalue weighted by Gasteiger charge is -2.40. The molecule has 1 heterocycles. The number of ether oxygens (including phenoxy) is 5. The van der Waals surface area contributed by atoms with Gasteiger partial charge in [-0.05, 0) is 109 Å². The van der Waals surface area contributed by atoms with Gasteiger partial charge in [-0.15, -0.1) is 0 Å². The van der Waals surface area contributed by atoms with Crippen LogP contribution in [0.15, 0.2) is 85.1 Å². The van der Waals surface area contributed by atoms with Crippen molar-refractivity contribution in [2.75, 3.05) is 13.2 Å². The number of aliphatic hydroxyl groups is 2. The van der Waals surface area contributed by atoms with Crippen LogP contribution in [0.4, 0.5) is 0 Å². The Morgan fingerprint density at radius 1 is 0.430 bits per heavy atom. The monoisotopic (exact) mass is 1110 g/mol. The second-order valence-electron chi connectivity index (χ2n) is 21.3. The van der Waals surface area contributed by atoms with E-state index in [9.17, 15) is 34.5 Å². The van der Waals surface area contributed by atoms with E-state index < -0.39 is 67.3 Å². The zero-order chi connectivity index (χ0) is 57.5. The molecular weight excluding hydrogens is 997 g/mol. The molecule has 0 aromatic rings. The molecule has 0 aliphatic carbocycles. The Morgan fingerprint density at radius 3 is 1.28 bits per heavy atom. The second kappa shape index (κ2) is 54.5. The third-order valence-corrected chi connectivity index (χ3v) is 13.9. The van der Waals surface area contributed by atoms with Crippen LogP contribution in [0, 0.1) is 0 Å². The van der Waals surface area contributed by atoms with Crippen molar-refractivity contribution in [1.29, 1.82) is 0 Å². The largest absolute Gasteiger partial charge is 0.479 e. The molecule has 0 spiro atoms. The Labute approximate surface area is 480 Å². The van der Waals surface area contributed by atoms with E-state index in [0.29, 0.717) is 25.7 Å². The first kappa shape index (κ1) is 72.9. The van der Waals surface area contributed by atoms with Crippen molar-refractivity contribution in [3.63, 3.8) is 0 Å². The molecule has 0 aromatic carbocycles. The molecule has 0 aromatic heterocycles. The molecule has 0 bridgehead atoms. The topological polar surface area (TPSA) is 175 Å². The van der Waals surface area contributed by atoms with E-state index in [1.54, 1.807) is 0 Å². The normalized spacial score (nSPS) is 18.4. The van der Waals surface area contributed by atoms with Crippen LogP contribution in [0.5, 0.6) is 0 Å². The quantitative estimate of drug-likeness (QED) is 0.0228. The van der Waals surface area contributed by atoms with E-state index in [1.807, 2.05) is 12.2 Å². The molecule has 6 atom stereocenters. The van der Waals surface area contributed by atoms with Crippen LogP contribution >= 0.6 is 0 Å². The van der Waals surface area contributed by atoms with Gasteiger partial charge >= 0.3 is 23.9 Å². The van der Waals surface area contributed by atoms with Crippen LogP contribution in [0.1, 0.15) is 265 Å². The van der Waals surface area contributed by atoms with Crippen LogP contribution in [0.25, 0.3) is 0 Å². The maximum Gasteiger partial charge on any atom is 0.335 e. The van der Waals surface area contributed by atoms with Crippen LogP contribution in [-0.2, 0) is 42.9 Å². The number of aliphatic carboxylic acids is 1. The van der Waals surface area contributed by atoms with Crippen molar-refractivity contribution in [1.82, 2.24) is 0 Å². The lowest BCUT2D eigenvalue weighted by atomic mass is 9.98. The Morgan fingerprint density at radius 2 is 0.810 bits per heavy atom. The highest BCUT2D eigenvalue weighted by Crippen LogP contribution is 2.26. The van der Waals surface area contributed by atoms with Crippen LogP contribution < -0.4 is 0 Å². The summed E-state index contributed by atoms with van der Waals surface area (Å²) >= 11 is 0. The summed E-state index contributed by atoms with van der Waals surface area (Å²) in [6.45, 7) is 5.82. The number of unbranched alkanes of at least 4 members (excludes halogenated alkanes) is 25. The Kier molecular flexibility index (Phi) is 50.3. The molecule has 6 unspecified atom stereocenters. The minimum absolute atomic E-state index is 0.0412. The molecule has 12 heteroatoms. The van der Waals surface area contributed by atoms with Crippen LogP contribution in [0.2, 0.25) is 0 Å².